The lowest BCUT2D eigenvalue weighted by atomic mass is 10.0. The highest BCUT2D eigenvalue weighted by Gasteiger charge is 2.22. The zero-order valence-electron chi connectivity index (χ0n) is 15.8. The summed E-state index contributed by atoms with van der Waals surface area (Å²) in [5.74, 6) is -0.620. The predicted molar refractivity (Wildman–Crippen MR) is 115 cm³/mol. The van der Waals surface area contributed by atoms with Crippen molar-refractivity contribution in [3.63, 3.8) is 0 Å². The van der Waals surface area contributed by atoms with Crippen LogP contribution in [-0.4, -0.2) is 41.6 Å². The molecule has 1 aliphatic rings. The number of amides is 2. The number of rotatable bonds is 5. The van der Waals surface area contributed by atoms with Crippen LogP contribution in [-0.2, 0) is 9.59 Å². The maximum atomic E-state index is 12.6. The molecule has 3 N–H and O–H groups in total. The minimum Gasteiger partial charge on any atom is -0.336 e. The molecule has 29 heavy (non-hydrogen) atoms. The summed E-state index contributed by atoms with van der Waals surface area (Å²) in [6, 6.07) is 17.7. The molecular weight excluding hydrogens is 390 g/mol. The first-order chi connectivity index (χ1) is 13.7. The number of nitrogens with zero attached hydrogens (tertiary/aromatic N) is 1. The molecule has 0 radical (unpaired) electrons. The number of carbonyl (C=O) groups excluding carboxylic acids is 2. The van der Waals surface area contributed by atoms with Crippen molar-refractivity contribution in [2.45, 2.75) is 6.04 Å². The zero-order valence-corrected chi connectivity index (χ0v) is 16.6. The minimum atomic E-state index is -0.595. The number of halogens is 1. The molecule has 0 aromatic heterocycles. The summed E-state index contributed by atoms with van der Waals surface area (Å²) in [7, 11) is 0. The lowest BCUT2D eigenvalue weighted by Gasteiger charge is -2.33. The van der Waals surface area contributed by atoms with Crippen LogP contribution in [0.4, 0.5) is 0 Å². The van der Waals surface area contributed by atoms with Crippen LogP contribution in [0.15, 0.2) is 66.7 Å². The molecule has 1 heterocycles. The van der Waals surface area contributed by atoms with Gasteiger partial charge in [0.25, 0.3) is 5.91 Å². The fourth-order valence-electron chi connectivity index (χ4n) is 3.11. The highest BCUT2D eigenvalue weighted by Crippen LogP contribution is 2.17. The van der Waals surface area contributed by atoms with E-state index in [4.69, 9.17) is 5.21 Å². The van der Waals surface area contributed by atoms with Crippen molar-refractivity contribution < 1.29 is 14.8 Å². The average Bonchev–Trinajstić information content (AvgIpc) is 2.76. The first kappa shape index (κ1) is 22.4. The van der Waals surface area contributed by atoms with E-state index < -0.39 is 5.91 Å². The third-order valence-corrected chi connectivity index (χ3v) is 4.56. The molecule has 152 valence electrons. The van der Waals surface area contributed by atoms with Gasteiger partial charge in [-0.3, -0.25) is 14.8 Å². The number of hydrogen-bond acceptors (Lipinski definition) is 4. The number of piperazine rings is 1. The summed E-state index contributed by atoms with van der Waals surface area (Å²) in [6.45, 7) is 2.06. The van der Waals surface area contributed by atoms with Crippen LogP contribution < -0.4 is 10.8 Å². The van der Waals surface area contributed by atoms with Gasteiger partial charge >= 0.3 is 0 Å². The van der Waals surface area contributed by atoms with Gasteiger partial charge in [0.1, 0.15) is 0 Å². The van der Waals surface area contributed by atoms with E-state index >= 15 is 0 Å². The first-order valence-electron chi connectivity index (χ1n) is 9.13. The molecule has 1 saturated heterocycles. The minimum absolute atomic E-state index is 0. The van der Waals surface area contributed by atoms with Crippen molar-refractivity contribution in [2.24, 2.45) is 0 Å². The lowest BCUT2D eigenvalue weighted by molar-refractivity contribution is -0.127. The number of carbonyl (C=O) groups is 2. The van der Waals surface area contributed by atoms with E-state index in [-0.39, 0.29) is 24.4 Å². The number of nitrogens with one attached hydrogen (secondary N) is 2. The predicted octanol–water partition coefficient (Wildman–Crippen LogP) is 2.81. The molecule has 6 nitrogen and oxygen atoms in total. The molecule has 2 amide bonds. The summed E-state index contributed by atoms with van der Waals surface area (Å²) in [4.78, 5) is 25.5. The van der Waals surface area contributed by atoms with E-state index in [1.807, 2.05) is 47.4 Å². The lowest BCUT2D eigenvalue weighted by Crippen LogP contribution is -2.47. The molecule has 1 fully saturated rings. The summed E-state index contributed by atoms with van der Waals surface area (Å²) >= 11 is 0. The fourth-order valence-corrected chi connectivity index (χ4v) is 3.11. The Hall–Kier alpha value is -2.93. The van der Waals surface area contributed by atoms with Gasteiger partial charge in [-0.05, 0) is 34.9 Å². The monoisotopic (exact) mass is 413 g/mol. The van der Waals surface area contributed by atoms with Crippen LogP contribution in [0.2, 0.25) is 0 Å². The van der Waals surface area contributed by atoms with Crippen LogP contribution in [0, 0.1) is 0 Å². The van der Waals surface area contributed by atoms with Crippen LogP contribution in [0.1, 0.15) is 22.7 Å². The van der Waals surface area contributed by atoms with E-state index in [0.29, 0.717) is 13.1 Å². The highest BCUT2D eigenvalue weighted by molar-refractivity contribution is 5.92. The molecular formula is C22H24ClN3O3. The van der Waals surface area contributed by atoms with Crippen molar-refractivity contribution >= 4 is 36.4 Å². The Kier molecular flexibility index (Phi) is 8.61. The molecule has 2 aromatic rings. The molecule has 0 bridgehead atoms. The topological polar surface area (TPSA) is 81.7 Å². The standard InChI is InChI=1S/C22H23N3O3.ClH/c26-21(24-28)11-9-17-5-4-6-18(15-17)10-12-22(27)25-14-13-23-20(16-25)19-7-2-1-3-8-19;/h1-12,15,20,23,28H,13-14,16H2,(H,24,26);1H. The second-order valence-corrected chi connectivity index (χ2v) is 6.51. The zero-order chi connectivity index (χ0) is 19.8. The number of benzene rings is 2. The molecule has 2 aromatic carbocycles. The van der Waals surface area contributed by atoms with Gasteiger partial charge in [-0.25, -0.2) is 5.48 Å². The van der Waals surface area contributed by atoms with Gasteiger partial charge < -0.3 is 10.2 Å². The van der Waals surface area contributed by atoms with Crippen LogP contribution in [0.3, 0.4) is 0 Å². The molecule has 1 unspecified atom stereocenters. The molecule has 0 saturated carbocycles. The maximum absolute atomic E-state index is 12.6. The van der Waals surface area contributed by atoms with Gasteiger partial charge in [-0.15, -0.1) is 12.4 Å². The van der Waals surface area contributed by atoms with Gasteiger partial charge in [-0.2, -0.15) is 0 Å². The Morgan fingerprint density at radius 3 is 2.41 bits per heavy atom. The average molecular weight is 414 g/mol. The summed E-state index contributed by atoms with van der Waals surface area (Å²) in [6.07, 6.45) is 6.17. The van der Waals surface area contributed by atoms with E-state index in [2.05, 4.69) is 17.4 Å². The van der Waals surface area contributed by atoms with E-state index in [0.717, 1.165) is 17.7 Å². The molecule has 0 aliphatic carbocycles. The van der Waals surface area contributed by atoms with Crippen molar-refractivity contribution in [3.05, 3.63) is 83.4 Å². The second kappa shape index (κ2) is 11.2. The quantitative estimate of drug-likeness (QED) is 0.400. The summed E-state index contributed by atoms with van der Waals surface area (Å²) in [5, 5.41) is 12.0. The summed E-state index contributed by atoms with van der Waals surface area (Å²) in [5.41, 5.74) is 4.37. The molecule has 0 spiro atoms. The van der Waals surface area contributed by atoms with Crippen LogP contribution in [0.25, 0.3) is 12.2 Å². The fraction of sp³-hybridized carbons (Fsp3) is 0.182. The summed E-state index contributed by atoms with van der Waals surface area (Å²) < 4.78 is 0. The Morgan fingerprint density at radius 1 is 1.03 bits per heavy atom. The van der Waals surface area contributed by atoms with E-state index in [1.54, 1.807) is 23.7 Å². The second-order valence-electron chi connectivity index (χ2n) is 6.51. The van der Waals surface area contributed by atoms with Crippen molar-refractivity contribution in [1.29, 1.82) is 0 Å². The van der Waals surface area contributed by atoms with Crippen molar-refractivity contribution in [1.82, 2.24) is 15.7 Å². The SMILES string of the molecule is Cl.O=C(C=Cc1cccc(C=CC(=O)N2CCNC(c3ccccc3)C2)c1)NO. The third kappa shape index (κ3) is 6.57. The van der Waals surface area contributed by atoms with E-state index in [1.165, 1.54) is 11.6 Å². The van der Waals surface area contributed by atoms with Gasteiger partial charge in [0.05, 0.1) is 0 Å². The third-order valence-electron chi connectivity index (χ3n) is 4.56. The van der Waals surface area contributed by atoms with Gasteiger partial charge in [0.15, 0.2) is 0 Å². The number of hydrogen-bond donors (Lipinski definition) is 3. The van der Waals surface area contributed by atoms with Gasteiger partial charge in [0.2, 0.25) is 5.91 Å². The molecule has 1 atom stereocenters. The smallest absolute Gasteiger partial charge is 0.267 e. The molecule has 1 aliphatic heterocycles. The molecule has 3 rings (SSSR count). The normalized spacial score (nSPS) is 16.6. The Balaban J connectivity index is 0.00000300. The highest BCUT2D eigenvalue weighted by atomic mass is 35.5. The number of hydroxylamine groups is 1. The van der Waals surface area contributed by atoms with Crippen molar-refractivity contribution in [3.8, 4) is 0 Å². The van der Waals surface area contributed by atoms with Crippen molar-refractivity contribution in [2.75, 3.05) is 19.6 Å². The van der Waals surface area contributed by atoms with Crippen LogP contribution in [0.5, 0.6) is 0 Å². The Labute approximate surface area is 176 Å². The van der Waals surface area contributed by atoms with E-state index in [9.17, 15) is 9.59 Å². The van der Waals surface area contributed by atoms with Crippen LogP contribution >= 0.6 is 12.4 Å². The molecule has 7 heteroatoms. The largest absolute Gasteiger partial charge is 0.336 e. The Bertz CT molecular complexity index is 884. The van der Waals surface area contributed by atoms with Gasteiger partial charge in [0, 0.05) is 37.8 Å². The van der Waals surface area contributed by atoms with Gasteiger partial charge in [-0.1, -0.05) is 48.5 Å². The maximum Gasteiger partial charge on any atom is 0.267 e. The Morgan fingerprint density at radius 2 is 1.72 bits per heavy atom. The first-order valence-corrected chi connectivity index (χ1v) is 9.13.